The molecule has 0 fully saturated rings. The van der Waals surface area contributed by atoms with Gasteiger partial charge in [0.25, 0.3) is 5.91 Å². The quantitative estimate of drug-likeness (QED) is 0.417. The summed E-state index contributed by atoms with van der Waals surface area (Å²) in [5.41, 5.74) is 8.59. The van der Waals surface area contributed by atoms with Gasteiger partial charge in [-0.1, -0.05) is 28.1 Å². The molecule has 0 aliphatic heterocycles. The van der Waals surface area contributed by atoms with E-state index in [0.29, 0.717) is 22.5 Å². The zero-order valence-electron chi connectivity index (χ0n) is 16.1. The molecule has 1 amide bonds. The topological polar surface area (TPSA) is 85.8 Å². The Labute approximate surface area is 181 Å². The van der Waals surface area contributed by atoms with Crippen molar-refractivity contribution in [3.05, 3.63) is 94.2 Å². The first-order valence-corrected chi connectivity index (χ1v) is 9.93. The second-order valence-corrected chi connectivity index (χ2v) is 7.53. The molecule has 4 rings (SSSR count). The summed E-state index contributed by atoms with van der Waals surface area (Å²) in [4.78, 5) is 26.3. The molecule has 0 saturated heterocycles. The van der Waals surface area contributed by atoms with Gasteiger partial charge >= 0.3 is 0 Å². The van der Waals surface area contributed by atoms with E-state index >= 15 is 0 Å². The highest BCUT2D eigenvalue weighted by Crippen LogP contribution is 2.30. The van der Waals surface area contributed by atoms with E-state index in [1.165, 1.54) is 0 Å². The number of halogens is 1. The largest absolute Gasteiger partial charge is 0.497 e. The zero-order chi connectivity index (χ0) is 21.3. The number of nitrogen functional groups attached to an aromatic ring is 1. The Kier molecular flexibility index (Phi) is 5.29. The van der Waals surface area contributed by atoms with Crippen LogP contribution < -0.4 is 15.8 Å². The Bertz CT molecular complexity index is 1260. The molecule has 7 heteroatoms. The van der Waals surface area contributed by atoms with Crippen molar-refractivity contribution in [2.75, 3.05) is 18.2 Å². The molecule has 2 heterocycles. The van der Waals surface area contributed by atoms with Crippen molar-refractivity contribution in [3.63, 3.8) is 0 Å². The van der Waals surface area contributed by atoms with Crippen molar-refractivity contribution in [1.82, 2.24) is 4.40 Å². The van der Waals surface area contributed by atoms with Crippen LogP contribution in [0.1, 0.15) is 26.4 Å². The predicted molar refractivity (Wildman–Crippen MR) is 120 cm³/mol. The lowest BCUT2D eigenvalue weighted by Crippen LogP contribution is -2.14. The Morgan fingerprint density at radius 3 is 2.53 bits per heavy atom. The zero-order valence-corrected chi connectivity index (χ0v) is 17.6. The van der Waals surface area contributed by atoms with Gasteiger partial charge in [0.1, 0.15) is 11.4 Å². The second kappa shape index (κ2) is 8.04. The molecule has 150 valence electrons. The second-order valence-electron chi connectivity index (χ2n) is 6.62. The highest BCUT2D eigenvalue weighted by atomic mass is 79.9. The van der Waals surface area contributed by atoms with E-state index in [1.807, 2.05) is 0 Å². The van der Waals surface area contributed by atoms with Gasteiger partial charge in [0.05, 0.1) is 23.9 Å². The molecular formula is C23H18BrN3O3. The lowest BCUT2D eigenvalue weighted by atomic mass is 10.1. The van der Waals surface area contributed by atoms with Crippen molar-refractivity contribution in [2.24, 2.45) is 0 Å². The highest BCUT2D eigenvalue weighted by Gasteiger charge is 2.26. The van der Waals surface area contributed by atoms with Gasteiger partial charge in [0.2, 0.25) is 5.78 Å². The molecule has 0 aliphatic carbocycles. The fourth-order valence-corrected chi connectivity index (χ4v) is 3.60. The molecule has 0 saturated carbocycles. The third-order valence-electron chi connectivity index (χ3n) is 4.76. The number of amides is 1. The number of aromatic nitrogens is 1. The number of carbonyl (C=O) groups is 2. The van der Waals surface area contributed by atoms with Crippen molar-refractivity contribution in [1.29, 1.82) is 0 Å². The Balaban J connectivity index is 1.79. The molecule has 2 aromatic carbocycles. The minimum Gasteiger partial charge on any atom is -0.497 e. The van der Waals surface area contributed by atoms with Crippen LogP contribution in [0.5, 0.6) is 5.75 Å². The number of nitrogens with zero attached hydrogens (tertiary/aromatic N) is 1. The molecule has 3 N–H and O–H groups in total. The molecule has 0 radical (unpaired) electrons. The number of hydrogen-bond donors (Lipinski definition) is 2. The van der Waals surface area contributed by atoms with Crippen molar-refractivity contribution >= 4 is 44.5 Å². The molecule has 2 aromatic heterocycles. The van der Waals surface area contributed by atoms with Crippen molar-refractivity contribution < 1.29 is 14.3 Å². The number of methoxy groups -OCH3 is 1. The summed E-state index contributed by atoms with van der Waals surface area (Å²) >= 11 is 3.37. The van der Waals surface area contributed by atoms with Gasteiger partial charge in [-0.3, -0.25) is 9.59 Å². The van der Waals surface area contributed by atoms with E-state index in [1.54, 1.807) is 84.4 Å². The van der Waals surface area contributed by atoms with Crippen LogP contribution in [0, 0.1) is 0 Å². The average molecular weight is 464 g/mol. The van der Waals surface area contributed by atoms with Crippen LogP contribution in [-0.2, 0) is 0 Å². The van der Waals surface area contributed by atoms with Gasteiger partial charge in [-0.25, -0.2) is 0 Å². The molecule has 0 spiro atoms. The summed E-state index contributed by atoms with van der Waals surface area (Å²) in [5.74, 6) is -0.0467. The molecule has 0 atom stereocenters. The molecule has 0 bridgehead atoms. The van der Waals surface area contributed by atoms with Crippen LogP contribution in [0.4, 0.5) is 11.4 Å². The van der Waals surface area contributed by atoms with Gasteiger partial charge in [-0.2, -0.15) is 0 Å². The average Bonchev–Trinajstić information content (AvgIpc) is 3.05. The number of ether oxygens (including phenoxy) is 1. The van der Waals surface area contributed by atoms with Crippen molar-refractivity contribution in [2.45, 2.75) is 0 Å². The summed E-state index contributed by atoms with van der Waals surface area (Å²) in [6.07, 6.45) is 1.72. The minimum atomic E-state index is -0.403. The van der Waals surface area contributed by atoms with E-state index in [9.17, 15) is 9.59 Å². The number of nitrogens with two attached hydrogens (primary N) is 1. The fourth-order valence-electron chi connectivity index (χ4n) is 3.33. The van der Waals surface area contributed by atoms with E-state index in [2.05, 4.69) is 21.2 Å². The Morgan fingerprint density at radius 2 is 1.80 bits per heavy atom. The first-order chi connectivity index (χ1) is 14.5. The molecule has 0 unspecified atom stereocenters. The summed E-state index contributed by atoms with van der Waals surface area (Å²) in [5, 5.41) is 2.84. The lowest BCUT2D eigenvalue weighted by Gasteiger charge is -2.07. The van der Waals surface area contributed by atoms with Gasteiger partial charge in [0.15, 0.2) is 0 Å². The van der Waals surface area contributed by atoms with Gasteiger partial charge in [-0.05, 0) is 48.5 Å². The van der Waals surface area contributed by atoms with Crippen molar-refractivity contribution in [3.8, 4) is 5.75 Å². The van der Waals surface area contributed by atoms with E-state index in [0.717, 1.165) is 4.47 Å². The summed E-state index contributed by atoms with van der Waals surface area (Å²) in [6, 6.07) is 19.4. The van der Waals surface area contributed by atoms with Crippen LogP contribution >= 0.6 is 15.9 Å². The molecule has 4 aromatic rings. The maximum atomic E-state index is 13.2. The number of anilines is 2. The number of pyridine rings is 1. The number of benzene rings is 2. The molecule has 30 heavy (non-hydrogen) atoms. The Morgan fingerprint density at radius 1 is 1.03 bits per heavy atom. The summed E-state index contributed by atoms with van der Waals surface area (Å²) in [6.45, 7) is 0. The maximum absolute atomic E-state index is 13.2. The van der Waals surface area contributed by atoms with Gasteiger partial charge < -0.3 is 20.2 Å². The van der Waals surface area contributed by atoms with Gasteiger partial charge in [-0.15, -0.1) is 0 Å². The number of ketones is 1. The van der Waals surface area contributed by atoms with E-state index < -0.39 is 5.91 Å². The first-order valence-electron chi connectivity index (χ1n) is 9.14. The number of rotatable bonds is 5. The summed E-state index contributed by atoms with van der Waals surface area (Å²) in [7, 11) is 1.56. The Hall–Kier alpha value is -3.58. The van der Waals surface area contributed by atoms with E-state index in [-0.39, 0.29) is 22.7 Å². The number of fused-ring (bicyclic) bond motifs is 1. The monoisotopic (exact) mass is 463 g/mol. The molecule has 6 nitrogen and oxygen atoms in total. The van der Waals surface area contributed by atoms with Gasteiger partial charge in [0, 0.05) is 28.0 Å². The highest BCUT2D eigenvalue weighted by molar-refractivity contribution is 9.10. The molecular weight excluding hydrogens is 446 g/mol. The lowest BCUT2D eigenvalue weighted by molar-refractivity contribution is 0.102. The van der Waals surface area contributed by atoms with Crippen LogP contribution in [0.15, 0.2) is 77.4 Å². The maximum Gasteiger partial charge on any atom is 0.259 e. The van der Waals surface area contributed by atoms with Crippen LogP contribution in [0.2, 0.25) is 0 Å². The SMILES string of the molecule is COc1cccc(NC(=O)c2c(N)c(C(=O)c3ccc(Br)cc3)n3ccccc23)c1. The fraction of sp³-hybridized carbons (Fsp3) is 0.0435. The van der Waals surface area contributed by atoms with Crippen LogP contribution in [0.25, 0.3) is 5.52 Å². The normalized spacial score (nSPS) is 10.7. The minimum absolute atomic E-state index is 0.134. The van der Waals surface area contributed by atoms with Crippen LogP contribution in [0.3, 0.4) is 0 Å². The predicted octanol–water partition coefficient (Wildman–Crippen LogP) is 4.78. The number of carbonyl (C=O) groups excluding carboxylic acids is 2. The van der Waals surface area contributed by atoms with E-state index in [4.69, 9.17) is 10.5 Å². The standard InChI is InChI=1S/C23H18BrN3O3/c1-30-17-6-4-5-16(13-17)26-23(29)19-18-7-2-3-12-27(18)21(20(19)25)22(28)14-8-10-15(24)11-9-14/h2-13H,25H2,1H3,(H,26,29). The van der Waals surface area contributed by atoms with Crippen LogP contribution in [-0.4, -0.2) is 23.2 Å². The summed E-state index contributed by atoms with van der Waals surface area (Å²) < 4.78 is 7.72. The third-order valence-corrected chi connectivity index (χ3v) is 5.29. The number of nitrogens with one attached hydrogen (secondary N) is 1. The molecule has 0 aliphatic rings. The smallest absolute Gasteiger partial charge is 0.259 e. The first kappa shape index (κ1) is 19.7. The third kappa shape index (κ3) is 3.55. The number of hydrogen-bond acceptors (Lipinski definition) is 4.